The highest BCUT2D eigenvalue weighted by atomic mass is 35.5. The molecule has 1 atom stereocenters. The van der Waals surface area contributed by atoms with Crippen LogP contribution in [0, 0.1) is 0 Å². The van der Waals surface area contributed by atoms with E-state index in [-0.39, 0.29) is 12.6 Å². The number of aliphatic hydroxyl groups excluding tert-OH is 1. The summed E-state index contributed by atoms with van der Waals surface area (Å²) in [5, 5.41) is 12.7. The van der Waals surface area contributed by atoms with Gasteiger partial charge in [0.15, 0.2) is 0 Å². The number of ether oxygens (including phenoxy) is 1. The van der Waals surface area contributed by atoms with Crippen molar-refractivity contribution in [3.63, 3.8) is 0 Å². The molecule has 0 saturated carbocycles. The van der Waals surface area contributed by atoms with Crippen molar-refractivity contribution in [1.29, 1.82) is 0 Å². The van der Waals surface area contributed by atoms with Gasteiger partial charge in [0.05, 0.1) is 12.1 Å². The van der Waals surface area contributed by atoms with Crippen molar-refractivity contribution in [2.24, 2.45) is 5.73 Å². The largest absolute Gasteiger partial charge is 0.495 e. The van der Waals surface area contributed by atoms with Gasteiger partial charge in [-0.15, -0.1) is 0 Å². The Morgan fingerprint density at radius 2 is 2.16 bits per heavy atom. The molecule has 0 spiro atoms. The number of nitrogens with one attached hydrogen (secondary N) is 1. The van der Waals surface area contributed by atoms with Gasteiger partial charge in [-0.2, -0.15) is 0 Å². The van der Waals surface area contributed by atoms with Crippen LogP contribution in [0.1, 0.15) is 30.9 Å². The van der Waals surface area contributed by atoms with E-state index in [1.807, 2.05) is 18.2 Å². The van der Waals surface area contributed by atoms with E-state index < -0.39 is 0 Å². The summed E-state index contributed by atoms with van der Waals surface area (Å²) in [5.74, 6) is 0.670. The maximum absolute atomic E-state index is 8.71. The third-order valence-corrected chi connectivity index (χ3v) is 3.33. The molecule has 0 saturated heterocycles. The molecule has 0 aromatic heterocycles. The van der Waals surface area contributed by atoms with Gasteiger partial charge in [-0.1, -0.05) is 17.7 Å². The van der Waals surface area contributed by atoms with Crippen LogP contribution >= 0.6 is 11.6 Å². The second-order valence-electron chi connectivity index (χ2n) is 4.42. The van der Waals surface area contributed by atoms with E-state index in [0.717, 1.165) is 31.4 Å². The third-order valence-electron chi connectivity index (χ3n) is 3.04. The lowest BCUT2D eigenvalue weighted by Crippen LogP contribution is -2.29. The van der Waals surface area contributed by atoms with Gasteiger partial charge in [0.1, 0.15) is 5.75 Å². The molecule has 1 aromatic rings. The number of methoxy groups -OCH3 is 1. The fraction of sp³-hybridized carbons (Fsp3) is 0.571. The highest BCUT2D eigenvalue weighted by Gasteiger charge is 2.11. The first-order chi connectivity index (χ1) is 9.22. The maximum Gasteiger partial charge on any atom is 0.137 e. The van der Waals surface area contributed by atoms with Gasteiger partial charge in [-0.05, 0) is 43.5 Å². The lowest BCUT2D eigenvalue weighted by molar-refractivity contribution is 0.282. The Balaban J connectivity index is 2.52. The van der Waals surface area contributed by atoms with Crippen LogP contribution in [0.3, 0.4) is 0 Å². The summed E-state index contributed by atoms with van der Waals surface area (Å²) in [5.41, 5.74) is 6.85. The molecule has 4 N–H and O–H groups in total. The average molecular weight is 287 g/mol. The van der Waals surface area contributed by atoms with E-state index in [0.29, 0.717) is 17.3 Å². The number of rotatable bonds is 9. The van der Waals surface area contributed by atoms with E-state index in [4.69, 9.17) is 27.2 Å². The average Bonchev–Trinajstić information content (AvgIpc) is 2.43. The van der Waals surface area contributed by atoms with Gasteiger partial charge >= 0.3 is 0 Å². The quantitative estimate of drug-likeness (QED) is 0.608. The maximum atomic E-state index is 8.71. The number of halogens is 1. The molecule has 1 rings (SSSR count). The van der Waals surface area contributed by atoms with E-state index in [1.54, 1.807) is 7.11 Å². The second kappa shape index (κ2) is 9.15. The van der Waals surface area contributed by atoms with Gasteiger partial charge in [0.25, 0.3) is 0 Å². The fourth-order valence-corrected chi connectivity index (χ4v) is 2.19. The minimum Gasteiger partial charge on any atom is -0.495 e. The molecule has 0 aliphatic carbocycles. The van der Waals surface area contributed by atoms with E-state index >= 15 is 0 Å². The van der Waals surface area contributed by atoms with Crippen molar-refractivity contribution in [3.05, 3.63) is 28.8 Å². The van der Waals surface area contributed by atoms with Crippen LogP contribution in [0.2, 0.25) is 5.02 Å². The Labute approximate surface area is 119 Å². The molecule has 0 amide bonds. The molecule has 5 heteroatoms. The number of aliphatic hydroxyl groups is 1. The van der Waals surface area contributed by atoms with Crippen molar-refractivity contribution in [2.45, 2.75) is 25.3 Å². The molecular weight excluding hydrogens is 264 g/mol. The predicted octanol–water partition coefficient (Wildman–Crippen LogP) is 2.10. The number of hydrogen-bond donors (Lipinski definition) is 3. The van der Waals surface area contributed by atoms with Crippen molar-refractivity contribution >= 4 is 11.6 Å². The van der Waals surface area contributed by atoms with Crippen LogP contribution in [0.5, 0.6) is 5.75 Å². The van der Waals surface area contributed by atoms with Crippen LogP contribution in [0.15, 0.2) is 18.2 Å². The molecule has 0 heterocycles. The lowest BCUT2D eigenvalue weighted by Gasteiger charge is -2.18. The summed E-state index contributed by atoms with van der Waals surface area (Å²) < 4.78 is 5.13. The van der Waals surface area contributed by atoms with Gasteiger partial charge in [0, 0.05) is 19.2 Å². The zero-order valence-corrected chi connectivity index (χ0v) is 12.1. The number of hydrogen-bond acceptors (Lipinski definition) is 4. The molecular formula is C14H23ClN2O2. The van der Waals surface area contributed by atoms with Gasteiger partial charge in [-0.3, -0.25) is 0 Å². The molecule has 0 radical (unpaired) electrons. The summed E-state index contributed by atoms with van der Waals surface area (Å²) in [6.07, 6.45) is 2.90. The topological polar surface area (TPSA) is 67.5 Å². The van der Waals surface area contributed by atoms with E-state index in [1.165, 1.54) is 0 Å². The summed E-state index contributed by atoms with van der Waals surface area (Å²) in [6.45, 7) is 1.66. The zero-order chi connectivity index (χ0) is 14.1. The first-order valence-corrected chi connectivity index (χ1v) is 6.98. The second-order valence-corrected chi connectivity index (χ2v) is 4.83. The van der Waals surface area contributed by atoms with Crippen LogP contribution < -0.4 is 15.8 Å². The summed E-state index contributed by atoms with van der Waals surface area (Å²) in [4.78, 5) is 0. The highest BCUT2D eigenvalue weighted by molar-refractivity contribution is 6.32. The van der Waals surface area contributed by atoms with Crippen LogP contribution in [-0.2, 0) is 0 Å². The minimum absolute atomic E-state index is 0.0949. The first kappa shape index (κ1) is 16.2. The molecule has 0 fully saturated rings. The highest BCUT2D eigenvalue weighted by Crippen LogP contribution is 2.27. The van der Waals surface area contributed by atoms with Crippen molar-refractivity contribution in [2.75, 3.05) is 26.8 Å². The Hall–Kier alpha value is -0.810. The number of benzene rings is 1. The summed E-state index contributed by atoms with van der Waals surface area (Å²) >= 11 is 6.11. The van der Waals surface area contributed by atoms with Crippen molar-refractivity contribution in [1.82, 2.24) is 5.32 Å². The van der Waals surface area contributed by atoms with Crippen LogP contribution in [0.25, 0.3) is 0 Å². The third kappa shape index (κ3) is 5.37. The molecule has 0 bridgehead atoms. The molecule has 0 aliphatic rings. The van der Waals surface area contributed by atoms with Gasteiger partial charge in [0.2, 0.25) is 0 Å². The normalized spacial score (nSPS) is 12.4. The minimum atomic E-state index is 0.0949. The molecule has 1 unspecified atom stereocenters. The molecule has 108 valence electrons. The van der Waals surface area contributed by atoms with Crippen LogP contribution in [-0.4, -0.2) is 31.9 Å². The van der Waals surface area contributed by atoms with Gasteiger partial charge in [-0.25, -0.2) is 0 Å². The molecule has 19 heavy (non-hydrogen) atoms. The molecule has 0 aliphatic heterocycles. The Kier molecular flexibility index (Phi) is 7.82. The fourth-order valence-electron chi connectivity index (χ4n) is 1.93. The van der Waals surface area contributed by atoms with E-state index in [2.05, 4.69) is 5.32 Å². The first-order valence-electron chi connectivity index (χ1n) is 6.60. The molecule has 4 nitrogen and oxygen atoms in total. The summed E-state index contributed by atoms with van der Waals surface area (Å²) in [7, 11) is 1.60. The standard InChI is InChI=1S/C14H23ClN2O2/c1-19-14-6-5-11(9-12(14)15)13(10-16)17-7-3-2-4-8-18/h5-6,9,13,17-18H,2-4,7-8,10,16H2,1H3. The zero-order valence-electron chi connectivity index (χ0n) is 11.4. The van der Waals surface area contributed by atoms with E-state index in [9.17, 15) is 0 Å². The Morgan fingerprint density at radius 1 is 1.37 bits per heavy atom. The van der Waals surface area contributed by atoms with Crippen molar-refractivity contribution < 1.29 is 9.84 Å². The van der Waals surface area contributed by atoms with Gasteiger partial charge < -0.3 is 20.9 Å². The lowest BCUT2D eigenvalue weighted by atomic mass is 10.1. The number of unbranched alkanes of at least 4 members (excludes halogenated alkanes) is 2. The van der Waals surface area contributed by atoms with Crippen LogP contribution in [0.4, 0.5) is 0 Å². The Bertz CT molecular complexity index is 374. The smallest absolute Gasteiger partial charge is 0.137 e. The molecule has 1 aromatic carbocycles. The Morgan fingerprint density at radius 3 is 2.74 bits per heavy atom. The van der Waals surface area contributed by atoms with Crippen molar-refractivity contribution in [3.8, 4) is 5.75 Å². The predicted molar refractivity (Wildman–Crippen MR) is 78.7 cm³/mol. The monoisotopic (exact) mass is 286 g/mol. The SMILES string of the molecule is COc1ccc(C(CN)NCCCCCO)cc1Cl. The number of nitrogens with two attached hydrogens (primary N) is 1. The summed E-state index contributed by atoms with van der Waals surface area (Å²) in [6, 6.07) is 5.81.